The van der Waals surface area contributed by atoms with Gasteiger partial charge in [-0.15, -0.1) is 0 Å². The Hall–Kier alpha value is -2.32. The van der Waals surface area contributed by atoms with Gasteiger partial charge in [0, 0.05) is 18.8 Å². The number of hydrogen-bond acceptors (Lipinski definition) is 4. The Bertz CT molecular complexity index is 723. The van der Waals surface area contributed by atoms with Gasteiger partial charge in [0.15, 0.2) is 0 Å². The first-order valence-corrected chi connectivity index (χ1v) is 9.86. The molecule has 0 saturated heterocycles. The third-order valence-corrected chi connectivity index (χ3v) is 5.08. The summed E-state index contributed by atoms with van der Waals surface area (Å²) < 4.78 is 47.0. The molecule has 0 bridgehead atoms. The van der Waals surface area contributed by atoms with E-state index in [4.69, 9.17) is 5.11 Å². The van der Waals surface area contributed by atoms with Gasteiger partial charge in [0.05, 0.1) is 12.2 Å². The molecule has 166 valence electrons. The normalized spacial score (nSPS) is 25.8. The van der Waals surface area contributed by atoms with E-state index in [1.807, 2.05) is 0 Å². The summed E-state index contributed by atoms with van der Waals surface area (Å²) in [5.41, 5.74) is 0. The highest BCUT2D eigenvalue weighted by molar-refractivity contribution is 5.66. The van der Waals surface area contributed by atoms with Gasteiger partial charge in [-0.05, 0) is 43.4 Å². The second-order valence-corrected chi connectivity index (χ2v) is 7.39. The van der Waals surface area contributed by atoms with E-state index in [-0.39, 0.29) is 18.6 Å². The van der Waals surface area contributed by atoms with E-state index < -0.39 is 42.3 Å². The fraction of sp³-hybridized carbons (Fsp3) is 0.500. The molecule has 1 aliphatic carbocycles. The fourth-order valence-corrected chi connectivity index (χ4v) is 3.46. The van der Waals surface area contributed by atoms with Gasteiger partial charge in [0.1, 0.15) is 5.75 Å². The van der Waals surface area contributed by atoms with Crippen LogP contribution in [0.3, 0.4) is 0 Å². The smallest absolute Gasteiger partial charge is 0.331 e. The van der Waals surface area contributed by atoms with Gasteiger partial charge in [-0.2, -0.15) is 13.2 Å². The number of hydrogen-bond donors (Lipinski definition) is 3. The van der Waals surface area contributed by atoms with Crippen LogP contribution < -0.4 is 4.74 Å². The van der Waals surface area contributed by atoms with Crippen molar-refractivity contribution in [2.75, 3.05) is 0 Å². The van der Waals surface area contributed by atoms with Gasteiger partial charge in [0.2, 0.25) is 0 Å². The molecule has 8 heteroatoms. The number of carboxylic acids is 1. The Labute approximate surface area is 173 Å². The first kappa shape index (κ1) is 24.0. The number of aliphatic hydroxyl groups excluding tert-OH is 2. The van der Waals surface area contributed by atoms with Crippen LogP contribution in [0.4, 0.5) is 13.2 Å². The predicted octanol–water partition coefficient (Wildman–Crippen LogP) is 4.11. The number of allylic oxidation sites excluding steroid dienone is 2. The van der Waals surface area contributed by atoms with E-state index >= 15 is 0 Å². The van der Waals surface area contributed by atoms with Crippen LogP contribution in [0.1, 0.15) is 32.1 Å². The van der Waals surface area contributed by atoms with Crippen LogP contribution in [0, 0.1) is 11.8 Å². The van der Waals surface area contributed by atoms with Crippen LogP contribution in [0.2, 0.25) is 0 Å². The highest BCUT2D eigenvalue weighted by atomic mass is 19.3. The zero-order valence-electron chi connectivity index (χ0n) is 16.4. The van der Waals surface area contributed by atoms with Crippen molar-refractivity contribution in [2.45, 2.75) is 56.6 Å². The summed E-state index contributed by atoms with van der Waals surface area (Å²) >= 11 is 0. The minimum absolute atomic E-state index is 0.0275. The van der Waals surface area contributed by atoms with Gasteiger partial charge < -0.3 is 20.1 Å². The van der Waals surface area contributed by atoms with Crippen LogP contribution in [0.5, 0.6) is 5.75 Å². The molecular formula is C22H27F3O5. The van der Waals surface area contributed by atoms with Gasteiger partial charge in [-0.3, -0.25) is 4.79 Å². The summed E-state index contributed by atoms with van der Waals surface area (Å²) in [4.78, 5) is 10.5. The van der Waals surface area contributed by atoms with Crippen molar-refractivity contribution in [2.24, 2.45) is 11.8 Å². The third kappa shape index (κ3) is 7.18. The number of carboxylic acid groups (broad SMARTS) is 1. The van der Waals surface area contributed by atoms with Crippen molar-refractivity contribution in [1.82, 2.24) is 0 Å². The van der Waals surface area contributed by atoms with Crippen molar-refractivity contribution in [1.29, 1.82) is 0 Å². The number of para-hydroxylation sites is 1. The number of rotatable bonds is 11. The average Bonchev–Trinajstić information content (AvgIpc) is 2.96. The maximum atomic E-state index is 14.2. The maximum absolute atomic E-state index is 14.2. The molecule has 5 atom stereocenters. The van der Waals surface area contributed by atoms with Crippen molar-refractivity contribution >= 4 is 5.97 Å². The summed E-state index contributed by atoms with van der Waals surface area (Å²) in [6.45, 7) is 0. The quantitative estimate of drug-likeness (QED) is 0.365. The second-order valence-electron chi connectivity index (χ2n) is 7.39. The molecule has 2 rings (SSSR count). The van der Waals surface area contributed by atoms with Gasteiger partial charge in [-0.1, -0.05) is 36.4 Å². The van der Waals surface area contributed by atoms with E-state index in [9.17, 15) is 28.2 Å². The van der Waals surface area contributed by atoms with E-state index in [0.717, 1.165) is 6.08 Å². The molecule has 1 unspecified atom stereocenters. The standard InChI is InChI=1S/C22H27F3O5/c23-21(30-15-8-4-3-5-9-15)22(24,25)13-12-17-16(18(26)14-19(17)27)10-6-1-2-7-11-20(28)29/h1,3-6,8-9,12-13,16-19,21,26-27H,2,7,10-11,14H2,(H,28,29)/b6-1-,13-12+/t16-,17-,18+,19-,21?/m1/s1. The second kappa shape index (κ2) is 11.2. The zero-order valence-corrected chi connectivity index (χ0v) is 16.4. The van der Waals surface area contributed by atoms with E-state index in [1.165, 1.54) is 24.3 Å². The maximum Gasteiger partial charge on any atom is 0.331 e. The lowest BCUT2D eigenvalue weighted by Gasteiger charge is -2.22. The van der Waals surface area contributed by atoms with E-state index in [0.29, 0.717) is 25.3 Å². The number of alkyl halides is 3. The Balaban J connectivity index is 1.95. The van der Waals surface area contributed by atoms with Crippen LogP contribution >= 0.6 is 0 Å². The molecule has 1 aliphatic rings. The van der Waals surface area contributed by atoms with Crippen LogP contribution in [0.15, 0.2) is 54.6 Å². The molecule has 1 fully saturated rings. The SMILES string of the molecule is O=C(O)CCC/C=C\C[C@@H]1[C@@H](/C=C/C(F)(F)C(F)Oc2ccccc2)[C@H](O)C[C@@H]1O. The lowest BCUT2D eigenvalue weighted by Crippen LogP contribution is -2.33. The molecule has 0 heterocycles. The van der Waals surface area contributed by atoms with Gasteiger partial charge in [-0.25, -0.2) is 0 Å². The molecule has 1 aromatic carbocycles. The number of carbonyl (C=O) groups is 1. The lowest BCUT2D eigenvalue weighted by atomic mass is 9.89. The van der Waals surface area contributed by atoms with Crippen molar-refractivity contribution in [3.8, 4) is 5.75 Å². The average molecular weight is 428 g/mol. The third-order valence-electron chi connectivity index (χ3n) is 5.08. The first-order chi connectivity index (χ1) is 14.2. The summed E-state index contributed by atoms with van der Waals surface area (Å²) in [6, 6.07) is 7.44. The Morgan fingerprint density at radius 3 is 2.57 bits per heavy atom. The number of benzene rings is 1. The number of ether oxygens (including phenoxy) is 1. The summed E-state index contributed by atoms with van der Waals surface area (Å²) in [7, 11) is 0. The molecule has 1 saturated carbocycles. The largest absolute Gasteiger partial charge is 0.481 e. The Kier molecular flexibility index (Phi) is 8.92. The van der Waals surface area contributed by atoms with Gasteiger partial charge in [0.25, 0.3) is 0 Å². The predicted molar refractivity (Wildman–Crippen MR) is 105 cm³/mol. The summed E-state index contributed by atoms with van der Waals surface area (Å²) in [5, 5.41) is 28.9. The van der Waals surface area contributed by atoms with Crippen LogP contribution in [0.25, 0.3) is 0 Å². The molecule has 1 aromatic rings. The molecule has 30 heavy (non-hydrogen) atoms. The highest BCUT2D eigenvalue weighted by Crippen LogP contribution is 2.37. The Morgan fingerprint density at radius 1 is 1.20 bits per heavy atom. The van der Waals surface area contributed by atoms with E-state index in [2.05, 4.69) is 4.74 Å². The van der Waals surface area contributed by atoms with E-state index in [1.54, 1.807) is 18.2 Å². The fourth-order valence-electron chi connectivity index (χ4n) is 3.46. The lowest BCUT2D eigenvalue weighted by molar-refractivity contribution is -0.137. The molecular weight excluding hydrogens is 401 g/mol. The molecule has 0 radical (unpaired) electrons. The van der Waals surface area contributed by atoms with Crippen molar-refractivity contribution in [3.63, 3.8) is 0 Å². The first-order valence-electron chi connectivity index (χ1n) is 9.86. The van der Waals surface area contributed by atoms with Crippen molar-refractivity contribution < 1.29 is 38.0 Å². The molecule has 3 N–H and O–H groups in total. The number of aliphatic carboxylic acids is 1. The number of unbranched alkanes of at least 4 members (excludes halogenated alkanes) is 1. The summed E-state index contributed by atoms with van der Waals surface area (Å²) in [6.07, 6.45) is 1.55. The number of halogens is 3. The summed E-state index contributed by atoms with van der Waals surface area (Å²) in [5.74, 6) is -6.10. The minimum atomic E-state index is -3.92. The molecule has 0 spiro atoms. The molecule has 5 nitrogen and oxygen atoms in total. The highest BCUT2D eigenvalue weighted by Gasteiger charge is 2.43. The van der Waals surface area contributed by atoms with Crippen LogP contribution in [-0.2, 0) is 4.79 Å². The minimum Gasteiger partial charge on any atom is -0.481 e. The zero-order chi connectivity index (χ0) is 22.1. The molecule has 0 amide bonds. The Morgan fingerprint density at radius 2 is 1.90 bits per heavy atom. The monoisotopic (exact) mass is 428 g/mol. The number of aliphatic hydroxyl groups is 2. The molecule has 0 aromatic heterocycles. The molecule has 0 aliphatic heterocycles. The van der Waals surface area contributed by atoms with Crippen molar-refractivity contribution in [3.05, 3.63) is 54.6 Å². The van der Waals surface area contributed by atoms with Gasteiger partial charge >= 0.3 is 18.2 Å². The topological polar surface area (TPSA) is 87.0 Å². The van der Waals surface area contributed by atoms with Crippen LogP contribution in [-0.4, -0.2) is 45.8 Å².